The number of unbranched alkanes of at least 4 members (excludes halogenated alkanes) is 1. The van der Waals surface area contributed by atoms with Gasteiger partial charge in [0.1, 0.15) is 0 Å². The van der Waals surface area contributed by atoms with Crippen LogP contribution in [0.2, 0.25) is 0 Å². The van der Waals surface area contributed by atoms with E-state index in [9.17, 15) is 24.2 Å². The molecule has 0 bridgehead atoms. The van der Waals surface area contributed by atoms with Crippen LogP contribution in [0.4, 0.5) is 0 Å². The second-order valence-electron chi connectivity index (χ2n) is 7.32. The highest BCUT2D eigenvalue weighted by Gasteiger charge is 2.44. The Morgan fingerprint density at radius 1 is 1.17 bits per heavy atom. The summed E-state index contributed by atoms with van der Waals surface area (Å²) < 4.78 is 18.1. The topological polar surface area (TPSA) is 156 Å². The molecule has 10 heteroatoms. The molecular weight excluding hydrogens is 397 g/mol. The number of carboxylic acid groups (broad SMARTS) is 1. The van der Waals surface area contributed by atoms with Crippen LogP contribution in [-0.4, -0.2) is 45.3 Å². The molecular formula is C19H32N3O6P. The maximum absolute atomic E-state index is 13.0. The monoisotopic (exact) mass is 429 g/mol. The molecule has 29 heavy (non-hydrogen) atoms. The summed E-state index contributed by atoms with van der Waals surface area (Å²) in [6.07, 6.45) is -0.475. The Bertz CT molecular complexity index is 715. The number of amides is 1. The maximum Gasteiger partial charge on any atom is 0.353 e. The molecule has 0 aliphatic heterocycles. The molecule has 164 valence electrons. The summed E-state index contributed by atoms with van der Waals surface area (Å²) in [6, 6.07) is 8.88. The van der Waals surface area contributed by atoms with Gasteiger partial charge in [-0.3, -0.25) is 18.9 Å². The molecule has 0 spiro atoms. The van der Waals surface area contributed by atoms with Gasteiger partial charge < -0.3 is 15.7 Å². The number of carbonyl (C=O) groups excluding carboxylic acids is 1. The van der Waals surface area contributed by atoms with E-state index in [0.29, 0.717) is 30.0 Å². The van der Waals surface area contributed by atoms with Gasteiger partial charge in [-0.15, -0.1) is 0 Å². The molecule has 0 aliphatic carbocycles. The average Bonchev–Trinajstić information content (AvgIpc) is 2.66. The van der Waals surface area contributed by atoms with Crippen molar-refractivity contribution in [3.05, 3.63) is 35.9 Å². The Kier molecular flexibility index (Phi) is 9.95. The molecule has 0 heterocycles. The second-order valence-corrected chi connectivity index (χ2v) is 9.18. The van der Waals surface area contributed by atoms with E-state index in [-0.39, 0.29) is 6.42 Å². The number of benzene rings is 1. The number of hydrazine groups is 1. The number of hydrogen-bond acceptors (Lipinski definition) is 6. The molecule has 0 radical (unpaired) electrons. The molecule has 0 aliphatic rings. The lowest BCUT2D eigenvalue weighted by Gasteiger charge is -2.35. The third-order valence-corrected chi connectivity index (χ3v) is 6.68. The molecule has 1 aromatic carbocycles. The summed E-state index contributed by atoms with van der Waals surface area (Å²) >= 11 is 0. The van der Waals surface area contributed by atoms with E-state index in [1.54, 1.807) is 45.0 Å². The predicted molar refractivity (Wildman–Crippen MR) is 110 cm³/mol. The van der Waals surface area contributed by atoms with Crippen molar-refractivity contribution in [2.75, 3.05) is 6.54 Å². The number of rotatable bonds is 12. The zero-order chi connectivity index (χ0) is 22.2. The molecule has 1 aromatic rings. The smallest absolute Gasteiger partial charge is 0.353 e. The number of nitrogens with two attached hydrogens (primary N) is 2. The van der Waals surface area contributed by atoms with E-state index in [0.717, 1.165) is 0 Å². The summed E-state index contributed by atoms with van der Waals surface area (Å²) in [6.45, 7) is 5.24. The Morgan fingerprint density at radius 2 is 1.76 bits per heavy atom. The minimum absolute atomic E-state index is 0.0286. The van der Waals surface area contributed by atoms with Crippen molar-refractivity contribution >= 4 is 19.5 Å². The first-order valence-corrected chi connectivity index (χ1v) is 11.2. The van der Waals surface area contributed by atoms with Crippen LogP contribution in [-0.2, 0) is 18.7 Å². The van der Waals surface area contributed by atoms with Crippen molar-refractivity contribution in [2.45, 2.75) is 57.8 Å². The van der Waals surface area contributed by atoms with Gasteiger partial charge in [-0.1, -0.05) is 44.2 Å². The van der Waals surface area contributed by atoms with Gasteiger partial charge in [0.15, 0.2) is 11.9 Å². The molecule has 1 rings (SSSR count). The fourth-order valence-electron chi connectivity index (χ4n) is 3.03. The molecule has 0 saturated carbocycles. The van der Waals surface area contributed by atoms with Crippen molar-refractivity contribution in [3.63, 3.8) is 0 Å². The lowest BCUT2D eigenvalue weighted by atomic mass is 10.00. The number of hydrogen-bond donors (Lipinski definition) is 4. The van der Waals surface area contributed by atoms with E-state index in [4.69, 9.17) is 16.1 Å². The summed E-state index contributed by atoms with van der Waals surface area (Å²) in [7, 11) is -4.59. The van der Waals surface area contributed by atoms with Gasteiger partial charge in [-0.2, -0.15) is 0 Å². The molecule has 9 nitrogen and oxygen atoms in total. The maximum atomic E-state index is 13.0. The third kappa shape index (κ3) is 7.21. The lowest BCUT2D eigenvalue weighted by molar-refractivity contribution is -0.146. The molecule has 6 N–H and O–H groups in total. The van der Waals surface area contributed by atoms with Crippen LogP contribution < -0.4 is 11.6 Å². The summed E-state index contributed by atoms with van der Waals surface area (Å²) in [5.74, 6) is 1.45. The first-order chi connectivity index (χ1) is 13.5. The van der Waals surface area contributed by atoms with Gasteiger partial charge in [0.25, 0.3) is 0 Å². The van der Waals surface area contributed by atoms with E-state index >= 15 is 0 Å². The fraction of sp³-hybridized carbons (Fsp3) is 0.579. The van der Waals surface area contributed by atoms with Crippen LogP contribution in [0.1, 0.15) is 51.5 Å². The van der Waals surface area contributed by atoms with Crippen molar-refractivity contribution in [1.29, 1.82) is 0 Å². The van der Waals surface area contributed by atoms with Gasteiger partial charge in [0.2, 0.25) is 5.91 Å². The van der Waals surface area contributed by atoms with Crippen molar-refractivity contribution in [2.24, 2.45) is 17.5 Å². The number of nitrogens with zero attached hydrogens (tertiary/aromatic N) is 1. The van der Waals surface area contributed by atoms with E-state index in [2.05, 4.69) is 0 Å². The Morgan fingerprint density at radius 3 is 2.24 bits per heavy atom. The van der Waals surface area contributed by atoms with Gasteiger partial charge in [0.05, 0.1) is 5.92 Å². The average molecular weight is 429 g/mol. The lowest BCUT2D eigenvalue weighted by Crippen LogP contribution is -2.50. The normalized spacial score (nSPS) is 16.7. The fourth-order valence-corrected chi connectivity index (χ4v) is 4.90. The molecule has 0 fully saturated rings. The minimum atomic E-state index is -4.59. The van der Waals surface area contributed by atoms with E-state index in [1.807, 2.05) is 6.07 Å². The van der Waals surface area contributed by atoms with Crippen LogP contribution >= 0.6 is 7.60 Å². The van der Waals surface area contributed by atoms with Crippen molar-refractivity contribution < 1.29 is 28.7 Å². The number of aliphatic carboxylic acids is 1. The quantitative estimate of drug-likeness (QED) is 0.130. The van der Waals surface area contributed by atoms with Crippen LogP contribution in [0.3, 0.4) is 0 Å². The first kappa shape index (κ1) is 25.3. The standard InChI is InChI=1S/C19H32N3O6P/c1-13(2)18(22(21)17(23)14(3)15-9-5-4-6-10-15)29(26,27)28-16(19(24)25)11-7-8-12-20/h4-6,9-10,13-14,16,18H,7-8,11-12,20-21H2,1-3H3,(H,24,25)(H,26,27)/t14-,16+,18+/m1/s1. The Labute approximate surface area is 171 Å². The van der Waals surface area contributed by atoms with Crippen LogP contribution in [0.5, 0.6) is 0 Å². The summed E-state index contributed by atoms with van der Waals surface area (Å²) in [5, 5.41) is 10.1. The zero-order valence-electron chi connectivity index (χ0n) is 17.1. The van der Waals surface area contributed by atoms with E-state index in [1.165, 1.54) is 0 Å². The Balaban J connectivity index is 3.04. The molecule has 4 atom stereocenters. The highest BCUT2D eigenvalue weighted by Crippen LogP contribution is 2.53. The first-order valence-electron chi connectivity index (χ1n) is 9.59. The van der Waals surface area contributed by atoms with Crippen molar-refractivity contribution in [1.82, 2.24) is 5.01 Å². The van der Waals surface area contributed by atoms with Crippen LogP contribution in [0, 0.1) is 5.92 Å². The van der Waals surface area contributed by atoms with Crippen LogP contribution in [0.25, 0.3) is 0 Å². The number of carbonyl (C=O) groups is 2. The largest absolute Gasteiger partial charge is 0.479 e. The summed E-state index contributed by atoms with van der Waals surface area (Å²) in [5.41, 5.74) is 6.11. The van der Waals surface area contributed by atoms with Gasteiger partial charge >= 0.3 is 13.6 Å². The summed E-state index contributed by atoms with van der Waals surface area (Å²) in [4.78, 5) is 34.9. The SMILES string of the molecule is CC(C)[C@@H](N(N)C(=O)[C@H](C)c1ccccc1)P(=O)(O)O[C@@H](CCCCN)C(=O)O. The second kappa shape index (κ2) is 11.4. The van der Waals surface area contributed by atoms with Crippen LogP contribution in [0.15, 0.2) is 30.3 Å². The number of carboxylic acids is 1. The minimum Gasteiger partial charge on any atom is -0.479 e. The van der Waals surface area contributed by atoms with E-state index < -0.39 is 43.2 Å². The Hall–Kier alpha value is -1.77. The predicted octanol–water partition coefficient (Wildman–Crippen LogP) is 2.26. The van der Waals surface area contributed by atoms with Crippen molar-refractivity contribution in [3.8, 4) is 0 Å². The van der Waals surface area contributed by atoms with Gasteiger partial charge in [0, 0.05) is 0 Å². The highest BCUT2D eigenvalue weighted by atomic mass is 31.2. The highest BCUT2D eigenvalue weighted by molar-refractivity contribution is 7.53. The van der Waals surface area contributed by atoms with Gasteiger partial charge in [-0.05, 0) is 44.2 Å². The molecule has 0 saturated heterocycles. The van der Waals surface area contributed by atoms with Gasteiger partial charge in [-0.25, -0.2) is 10.6 Å². The molecule has 0 aromatic heterocycles. The molecule has 1 amide bonds. The molecule has 1 unspecified atom stereocenters. The zero-order valence-corrected chi connectivity index (χ0v) is 18.0. The third-order valence-electron chi connectivity index (χ3n) is 4.61.